The largest absolute Gasteiger partial charge is 0.352 e. The van der Waals surface area contributed by atoms with E-state index < -0.39 is 0 Å². The highest BCUT2D eigenvalue weighted by atomic mass is 32.1. The molecule has 0 aliphatic carbocycles. The maximum atomic E-state index is 4.52. The third-order valence-electron chi connectivity index (χ3n) is 3.73. The van der Waals surface area contributed by atoms with Gasteiger partial charge in [0.05, 0.1) is 20.8 Å². The van der Waals surface area contributed by atoms with Gasteiger partial charge in [0, 0.05) is 36.5 Å². The van der Waals surface area contributed by atoms with Crippen LogP contribution in [-0.2, 0) is 0 Å². The number of aryl methyl sites for hydroxylation is 1. The first-order chi connectivity index (χ1) is 12.1. The molecule has 0 saturated carbocycles. The number of nitrogens with zero attached hydrogens (tertiary/aromatic N) is 5. The maximum Gasteiger partial charge on any atom is 0.222 e. The summed E-state index contributed by atoms with van der Waals surface area (Å²) in [6, 6.07) is 6.54. The molecule has 0 aliphatic heterocycles. The molecule has 25 heavy (non-hydrogen) atoms. The van der Waals surface area contributed by atoms with Crippen LogP contribution in [-0.4, -0.2) is 30.5 Å². The molecule has 1 N–H and O–H groups in total. The van der Waals surface area contributed by atoms with Crippen LogP contribution in [0.25, 0.3) is 27.3 Å². The van der Waals surface area contributed by atoms with Crippen molar-refractivity contribution in [2.24, 2.45) is 0 Å². The Morgan fingerprint density at radius 2 is 1.92 bits per heavy atom. The molecular formula is C18H18N6S. The molecule has 4 rings (SSSR count). The van der Waals surface area contributed by atoms with Gasteiger partial charge in [0.25, 0.3) is 0 Å². The Labute approximate surface area is 149 Å². The molecule has 6 nitrogen and oxygen atoms in total. The topological polar surface area (TPSA) is 68.5 Å². The van der Waals surface area contributed by atoms with Gasteiger partial charge in [0.1, 0.15) is 5.82 Å². The van der Waals surface area contributed by atoms with E-state index in [0.29, 0.717) is 12.0 Å². The van der Waals surface area contributed by atoms with E-state index in [9.17, 15) is 0 Å². The summed E-state index contributed by atoms with van der Waals surface area (Å²) in [4.78, 5) is 17.8. The van der Waals surface area contributed by atoms with Crippen LogP contribution in [0.3, 0.4) is 0 Å². The number of imidazole rings is 1. The zero-order valence-corrected chi connectivity index (χ0v) is 15.1. The summed E-state index contributed by atoms with van der Waals surface area (Å²) in [7, 11) is 0. The highest BCUT2D eigenvalue weighted by Gasteiger charge is 2.11. The van der Waals surface area contributed by atoms with Crippen molar-refractivity contribution < 1.29 is 0 Å². The summed E-state index contributed by atoms with van der Waals surface area (Å²) in [5.41, 5.74) is 2.95. The van der Waals surface area contributed by atoms with Crippen molar-refractivity contribution in [2.75, 3.05) is 5.32 Å². The summed E-state index contributed by atoms with van der Waals surface area (Å²) in [5.74, 6) is 1.44. The van der Waals surface area contributed by atoms with Gasteiger partial charge in [-0.1, -0.05) is 0 Å². The molecule has 0 unspecified atom stereocenters. The quantitative estimate of drug-likeness (QED) is 0.601. The second-order valence-corrected chi connectivity index (χ2v) is 7.33. The smallest absolute Gasteiger partial charge is 0.222 e. The molecule has 3 heterocycles. The van der Waals surface area contributed by atoms with Crippen LogP contribution in [0.1, 0.15) is 18.9 Å². The number of rotatable bonds is 4. The number of fused-ring (bicyclic) bond motifs is 1. The fourth-order valence-corrected chi connectivity index (χ4v) is 3.54. The van der Waals surface area contributed by atoms with Gasteiger partial charge in [-0.25, -0.2) is 19.9 Å². The average molecular weight is 350 g/mol. The Morgan fingerprint density at radius 1 is 1.12 bits per heavy atom. The summed E-state index contributed by atoms with van der Waals surface area (Å²) in [5, 5.41) is 4.26. The SMILES string of the molecule is Cc1nc2ccc(-n3ccnc3-c3cnc(NC(C)C)nc3)cc2s1. The summed E-state index contributed by atoms with van der Waals surface area (Å²) in [6.07, 6.45) is 7.33. The van der Waals surface area contributed by atoms with Crippen LogP contribution in [0.4, 0.5) is 5.95 Å². The summed E-state index contributed by atoms with van der Waals surface area (Å²) < 4.78 is 3.21. The van der Waals surface area contributed by atoms with E-state index in [1.807, 2.05) is 23.8 Å². The van der Waals surface area contributed by atoms with E-state index in [1.165, 1.54) is 4.70 Å². The van der Waals surface area contributed by atoms with Crippen molar-refractivity contribution in [3.63, 3.8) is 0 Å². The third kappa shape index (κ3) is 3.10. The van der Waals surface area contributed by atoms with Gasteiger partial charge < -0.3 is 5.32 Å². The lowest BCUT2D eigenvalue weighted by molar-refractivity contribution is 0.874. The Balaban J connectivity index is 1.71. The van der Waals surface area contributed by atoms with Crippen molar-refractivity contribution in [1.29, 1.82) is 0 Å². The summed E-state index contributed by atoms with van der Waals surface area (Å²) >= 11 is 1.70. The highest BCUT2D eigenvalue weighted by molar-refractivity contribution is 7.18. The van der Waals surface area contributed by atoms with Crippen molar-refractivity contribution in [3.8, 4) is 17.1 Å². The van der Waals surface area contributed by atoms with Gasteiger partial charge in [0.2, 0.25) is 5.95 Å². The zero-order chi connectivity index (χ0) is 17.4. The van der Waals surface area contributed by atoms with Crippen LogP contribution in [0, 0.1) is 6.92 Å². The van der Waals surface area contributed by atoms with Crippen molar-refractivity contribution >= 4 is 27.5 Å². The first-order valence-corrected chi connectivity index (χ1v) is 8.91. The van der Waals surface area contributed by atoms with Crippen LogP contribution in [0.2, 0.25) is 0 Å². The van der Waals surface area contributed by atoms with E-state index in [2.05, 4.69) is 51.2 Å². The molecule has 4 aromatic rings. The Hall–Kier alpha value is -2.80. The number of hydrogen-bond acceptors (Lipinski definition) is 6. The van der Waals surface area contributed by atoms with E-state index in [1.54, 1.807) is 29.9 Å². The minimum atomic E-state index is 0.294. The molecule has 0 bridgehead atoms. The van der Waals surface area contributed by atoms with Crippen LogP contribution in [0.15, 0.2) is 43.0 Å². The Kier molecular flexibility index (Phi) is 3.93. The van der Waals surface area contributed by atoms with Gasteiger partial charge in [0.15, 0.2) is 0 Å². The second kappa shape index (κ2) is 6.25. The van der Waals surface area contributed by atoms with Gasteiger partial charge in [-0.2, -0.15) is 0 Å². The molecule has 0 spiro atoms. The minimum Gasteiger partial charge on any atom is -0.352 e. The van der Waals surface area contributed by atoms with E-state index >= 15 is 0 Å². The molecule has 0 amide bonds. The Morgan fingerprint density at radius 3 is 2.68 bits per heavy atom. The number of hydrogen-bond donors (Lipinski definition) is 1. The standard InChI is InChI=1S/C18H18N6S/c1-11(2)22-18-20-9-13(10-21-18)17-19-6-7-24(17)14-4-5-15-16(8-14)25-12(3)23-15/h4-11H,1-3H3,(H,20,21,22). The highest BCUT2D eigenvalue weighted by Crippen LogP contribution is 2.27. The van der Waals surface area contributed by atoms with E-state index in [-0.39, 0.29) is 0 Å². The molecule has 0 radical (unpaired) electrons. The first-order valence-electron chi connectivity index (χ1n) is 8.10. The summed E-state index contributed by atoms with van der Waals surface area (Å²) in [6.45, 7) is 6.14. The van der Waals surface area contributed by atoms with Crippen molar-refractivity contribution in [1.82, 2.24) is 24.5 Å². The van der Waals surface area contributed by atoms with Gasteiger partial charge in [-0.15, -0.1) is 11.3 Å². The molecular weight excluding hydrogens is 332 g/mol. The molecule has 0 aliphatic rings. The first kappa shape index (κ1) is 15.7. The predicted molar refractivity (Wildman–Crippen MR) is 101 cm³/mol. The predicted octanol–water partition coefficient (Wildman–Crippen LogP) is 4.07. The monoisotopic (exact) mass is 350 g/mol. The second-order valence-electron chi connectivity index (χ2n) is 6.10. The number of thiazole rings is 1. The number of aromatic nitrogens is 5. The van der Waals surface area contributed by atoms with Crippen LogP contribution in [0.5, 0.6) is 0 Å². The van der Waals surface area contributed by atoms with Crippen LogP contribution >= 0.6 is 11.3 Å². The molecule has 0 fully saturated rings. The lowest BCUT2D eigenvalue weighted by atomic mass is 10.2. The molecule has 3 aromatic heterocycles. The zero-order valence-electron chi connectivity index (χ0n) is 14.3. The molecule has 7 heteroatoms. The molecule has 0 atom stereocenters. The van der Waals surface area contributed by atoms with Gasteiger partial charge in [-0.3, -0.25) is 4.57 Å². The van der Waals surface area contributed by atoms with Gasteiger partial charge >= 0.3 is 0 Å². The number of nitrogens with one attached hydrogen (secondary N) is 1. The van der Waals surface area contributed by atoms with Gasteiger partial charge in [-0.05, 0) is 39.0 Å². The van der Waals surface area contributed by atoms with E-state index in [4.69, 9.17) is 0 Å². The maximum absolute atomic E-state index is 4.52. The van der Waals surface area contributed by atoms with E-state index in [0.717, 1.165) is 27.6 Å². The average Bonchev–Trinajstić information content (AvgIpc) is 3.19. The Bertz CT molecular complexity index is 1020. The third-order valence-corrected chi connectivity index (χ3v) is 4.66. The fourth-order valence-electron chi connectivity index (χ4n) is 2.68. The molecule has 0 saturated heterocycles. The minimum absolute atomic E-state index is 0.294. The van der Waals surface area contributed by atoms with Crippen molar-refractivity contribution in [2.45, 2.75) is 26.8 Å². The lowest BCUT2D eigenvalue weighted by Gasteiger charge is -2.10. The number of benzene rings is 1. The molecule has 1 aromatic carbocycles. The fraction of sp³-hybridized carbons (Fsp3) is 0.222. The van der Waals surface area contributed by atoms with Crippen molar-refractivity contribution in [3.05, 3.63) is 48.0 Å². The molecule has 126 valence electrons. The normalized spacial score (nSPS) is 11.4. The lowest BCUT2D eigenvalue weighted by Crippen LogP contribution is -2.12. The number of anilines is 1. The van der Waals surface area contributed by atoms with Crippen LogP contribution < -0.4 is 5.32 Å².